The summed E-state index contributed by atoms with van der Waals surface area (Å²) >= 11 is 0. The molecule has 0 spiro atoms. The van der Waals surface area contributed by atoms with Crippen molar-refractivity contribution in [2.75, 3.05) is 6.61 Å². The topological polar surface area (TPSA) is 52.6 Å². The molecule has 1 unspecified atom stereocenters. The zero-order valence-corrected chi connectivity index (χ0v) is 19.9. The van der Waals surface area contributed by atoms with Crippen molar-refractivity contribution in [3.63, 3.8) is 0 Å². The van der Waals surface area contributed by atoms with Gasteiger partial charge in [-0.3, -0.25) is 4.79 Å². The van der Waals surface area contributed by atoms with Crippen molar-refractivity contribution in [3.05, 3.63) is 12.2 Å². The molecule has 0 amide bonds. The third-order valence-corrected chi connectivity index (χ3v) is 7.04. The second-order valence-corrected chi connectivity index (χ2v) is 9.69. The van der Waals surface area contributed by atoms with Gasteiger partial charge in [-0.15, -0.1) is 0 Å². The van der Waals surface area contributed by atoms with E-state index in [-0.39, 0.29) is 24.2 Å². The highest BCUT2D eigenvalue weighted by Gasteiger charge is 2.40. The first-order chi connectivity index (χ1) is 15.4. The van der Waals surface area contributed by atoms with Crippen LogP contribution in [0.1, 0.15) is 97.3 Å². The van der Waals surface area contributed by atoms with Gasteiger partial charge in [0.1, 0.15) is 6.29 Å². The highest BCUT2D eigenvalue weighted by Crippen LogP contribution is 2.40. The molecule has 184 valence electrons. The molecule has 2 aliphatic rings. The van der Waals surface area contributed by atoms with Gasteiger partial charge in [0.25, 0.3) is 0 Å². The van der Waals surface area contributed by atoms with Crippen LogP contribution in [-0.2, 0) is 19.1 Å². The fraction of sp³-hybridized carbons (Fsp3) is 0.846. The summed E-state index contributed by atoms with van der Waals surface area (Å²) in [6, 6.07) is 0. The predicted octanol–water partition coefficient (Wildman–Crippen LogP) is 6.66. The van der Waals surface area contributed by atoms with Gasteiger partial charge in [0.15, 0.2) is 6.29 Å². The van der Waals surface area contributed by atoms with E-state index in [2.05, 4.69) is 0 Å². The molecule has 32 heavy (non-hydrogen) atoms. The maximum atomic E-state index is 14.4. The molecule has 4 nitrogen and oxygen atoms in total. The predicted molar refractivity (Wildman–Crippen MR) is 122 cm³/mol. The Bertz CT molecular complexity index is 586. The zero-order valence-electron chi connectivity index (χ0n) is 19.9. The normalized spacial score (nSPS) is 27.6. The number of ketones is 1. The number of hydrogen-bond donors (Lipinski definition) is 0. The number of ether oxygens (including phenoxy) is 2. The number of hydrogen-bond acceptors (Lipinski definition) is 4. The Balaban J connectivity index is 1.98. The number of rotatable bonds is 15. The van der Waals surface area contributed by atoms with Gasteiger partial charge in [-0.25, -0.2) is 0 Å². The molecule has 5 atom stereocenters. The fourth-order valence-corrected chi connectivity index (χ4v) is 4.85. The minimum Gasteiger partial charge on any atom is -0.353 e. The van der Waals surface area contributed by atoms with Crippen molar-refractivity contribution in [1.29, 1.82) is 0 Å². The maximum absolute atomic E-state index is 14.4. The molecule has 1 aliphatic heterocycles. The maximum Gasteiger partial charge on any atom is 0.309 e. The van der Waals surface area contributed by atoms with Crippen LogP contribution in [0.25, 0.3) is 0 Å². The summed E-state index contributed by atoms with van der Waals surface area (Å²) in [5.74, 6) is -4.33. The molecule has 1 saturated heterocycles. The Hall–Kier alpha value is -1.14. The van der Waals surface area contributed by atoms with Crippen molar-refractivity contribution in [2.45, 2.75) is 116 Å². The lowest BCUT2D eigenvalue weighted by Crippen LogP contribution is -2.32. The van der Waals surface area contributed by atoms with Gasteiger partial charge >= 0.3 is 5.92 Å². The summed E-state index contributed by atoms with van der Waals surface area (Å²) in [5.41, 5.74) is 0. The van der Waals surface area contributed by atoms with Crippen LogP contribution in [0.2, 0.25) is 0 Å². The molecule has 1 aliphatic carbocycles. The third kappa shape index (κ3) is 9.01. The Morgan fingerprint density at radius 2 is 1.94 bits per heavy atom. The van der Waals surface area contributed by atoms with Gasteiger partial charge < -0.3 is 14.3 Å². The minimum atomic E-state index is -3.32. The number of allylic oxidation sites excluding steroid dienone is 1. The summed E-state index contributed by atoms with van der Waals surface area (Å²) in [7, 11) is 0. The molecule has 0 bridgehead atoms. The Morgan fingerprint density at radius 1 is 1.16 bits per heavy atom. The number of unbranched alkanes of at least 4 members (excludes halogenated alkanes) is 4. The van der Waals surface area contributed by atoms with E-state index in [1.54, 1.807) is 13.0 Å². The van der Waals surface area contributed by atoms with Crippen molar-refractivity contribution >= 4 is 12.1 Å². The fourth-order valence-electron chi connectivity index (χ4n) is 4.85. The van der Waals surface area contributed by atoms with Gasteiger partial charge in [-0.1, -0.05) is 45.6 Å². The first-order valence-electron chi connectivity index (χ1n) is 12.7. The zero-order chi connectivity index (χ0) is 23.4. The lowest BCUT2D eigenvalue weighted by molar-refractivity contribution is -0.192. The summed E-state index contributed by atoms with van der Waals surface area (Å²) in [6.45, 7) is 4.31. The highest BCUT2D eigenvalue weighted by atomic mass is 19.3. The molecule has 1 heterocycles. The van der Waals surface area contributed by atoms with E-state index in [4.69, 9.17) is 9.47 Å². The molecule has 0 aromatic carbocycles. The number of carbonyl (C=O) groups excluding carboxylic acids is 2. The quantitative estimate of drug-likeness (QED) is 0.157. The number of aldehydes is 1. The van der Waals surface area contributed by atoms with Gasteiger partial charge in [0.05, 0.1) is 6.10 Å². The largest absolute Gasteiger partial charge is 0.353 e. The minimum absolute atomic E-state index is 0.0427. The standard InChI is InChI=1S/C26H42F2O4/c1-3-20(2)19-26(27,28)24(30)16-14-22-21(11-7-5-4-6-9-17-29)13-15-23(22)32-25-12-8-10-18-31-25/h14,16-17,20-23,25H,3-13,15,18-19H2,1-2H3/b16-14+/t20-,21-,22+,23+,25?/m0/s1. The second-order valence-electron chi connectivity index (χ2n) is 9.69. The first kappa shape index (κ1) is 27.1. The van der Waals surface area contributed by atoms with Gasteiger partial charge in [0, 0.05) is 25.4 Å². The highest BCUT2D eigenvalue weighted by molar-refractivity contribution is 5.95. The van der Waals surface area contributed by atoms with Crippen LogP contribution in [0.15, 0.2) is 12.2 Å². The summed E-state index contributed by atoms with van der Waals surface area (Å²) < 4.78 is 40.7. The molecule has 6 heteroatoms. The van der Waals surface area contributed by atoms with Crippen LogP contribution >= 0.6 is 0 Å². The molecule has 2 rings (SSSR count). The Labute approximate surface area is 192 Å². The lowest BCUT2D eigenvalue weighted by Gasteiger charge is -2.29. The van der Waals surface area contributed by atoms with Gasteiger partial charge in [-0.2, -0.15) is 8.78 Å². The van der Waals surface area contributed by atoms with E-state index in [0.29, 0.717) is 25.4 Å². The molecular formula is C26H42F2O4. The van der Waals surface area contributed by atoms with Crippen LogP contribution in [-0.4, -0.2) is 37.0 Å². The van der Waals surface area contributed by atoms with Crippen molar-refractivity contribution in [3.8, 4) is 0 Å². The number of halogens is 2. The molecule has 0 aromatic rings. The van der Waals surface area contributed by atoms with E-state index >= 15 is 0 Å². The molecule has 0 N–H and O–H groups in total. The summed E-state index contributed by atoms with van der Waals surface area (Å²) in [5, 5.41) is 0. The molecule has 0 radical (unpaired) electrons. The molecule has 2 fully saturated rings. The van der Waals surface area contributed by atoms with Crippen LogP contribution in [0.3, 0.4) is 0 Å². The Morgan fingerprint density at radius 3 is 2.62 bits per heavy atom. The third-order valence-electron chi connectivity index (χ3n) is 7.04. The van der Waals surface area contributed by atoms with Crippen LogP contribution in [0, 0.1) is 17.8 Å². The second kappa shape index (κ2) is 14.2. The molecule has 0 aromatic heterocycles. The smallest absolute Gasteiger partial charge is 0.309 e. The van der Waals surface area contributed by atoms with Crippen molar-refractivity contribution in [2.24, 2.45) is 17.8 Å². The SMILES string of the molecule is CC[C@H](C)CC(F)(F)C(=O)/C=C/[C@@H]1[C@@H](CCCCCCC=O)CC[C@H]1OC1CCCCO1. The summed E-state index contributed by atoms with van der Waals surface area (Å²) in [6.07, 6.45) is 14.1. The average Bonchev–Trinajstić information content (AvgIpc) is 3.15. The van der Waals surface area contributed by atoms with Gasteiger partial charge in [-0.05, 0) is 62.9 Å². The first-order valence-corrected chi connectivity index (χ1v) is 12.7. The van der Waals surface area contributed by atoms with E-state index < -0.39 is 18.1 Å². The van der Waals surface area contributed by atoms with Crippen LogP contribution in [0.5, 0.6) is 0 Å². The lowest BCUT2D eigenvalue weighted by atomic mass is 9.88. The molecule has 1 saturated carbocycles. The van der Waals surface area contributed by atoms with Crippen molar-refractivity contribution < 1.29 is 27.8 Å². The van der Waals surface area contributed by atoms with Crippen molar-refractivity contribution in [1.82, 2.24) is 0 Å². The van der Waals surface area contributed by atoms with Crippen LogP contribution in [0.4, 0.5) is 8.78 Å². The Kier molecular flexibility index (Phi) is 12.0. The van der Waals surface area contributed by atoms with Crippen LogP contribution < -0.4 is 0 Å². The monoisotopic (exact) mass is 456 g/mol. The van der Waals surface area contributed by atoms with Gasteiger partial charge in [0.2, 0.25) is 5.78 Å². The molecular weight excluding hydrogens is 414 g/mol. The number of alkyl halides is 2. The average molecular weight is 457 g/mol. The summed E-state index contributed by atoms with van der Waals surface area (Å²) in [4.78, 5) is 22.8. The van der Waals surface area contributed by atoms with E-state index in [9.17, 15) is 18.4 Å². The van der Waals surface area contributed by atoms with E-state index in [1.807, 2.05) is 6.92 Å². The number of carbonyl (C=O) groups is 2. The van der Waals surface area contributed by atoms with E-state index in [1.165, 1.54) is 0 Å². The van der Waals surface area contributed by atoms with E-state index in [0.717, 1.165) is 76.6 Å².